The number of rotatable bonds is 13. The van der Waals surface area contributed by atoms with Crippen molar-refractivity contribution in [3.05, 3.63) is 32.9 Å². The standard InChI is InChI=1S/C30H41IN2O8/c1-39-26-14-20(18-35)13-23(31)29(26)41-25-16-21(30(38)32-10-11-34)15-24(28(25)37)33(17-22-7-4-12-40-22)27(36)9-8-19-5-2-3-6-19/h13-14,16,18-19,22,24-25,28,34,37H,2-12,15,17H2,1H3,(H,32,38)/t22-,24+,25-,28-/m0/s1. The minimum atomic E-state index is -1.15. The maximum atomic E-state index is 13.8. The molecule has 1 aromatic rings. The molecule has 0 bridgehead atoms. The number of carbonyl (C=O) groups excluding carboxylic acids is 3. The molecule has 2 aliphatic carbocycles. The van der Waals surface area contributed by atoms with Crippen LogP contribution >= 0.6 is 22.6 Å². The summed E-state index contributed by atoms with van der Waals surface area (Å²) in [6.45, 7) is 0.831. The van der Waals surface area contributed by atoms with Crippen molar-refractivity contribution in [3.63, 3.8) is 0 Å². The highest BCUT2D eigenvalue weighted by Gasteiger charge is 2.42. The lowest BCUT2D eigenvalue weighted by atomic mass is 9.87. The van der Waals surface area contributed by atoms with Crippen LogP contribution in [0.4, 0.5) is 0 Å². The smallest absolute Gasteiger partial charge is 0.247 e. The van der Waals surface area contributed by atoms with E-state index in [1.54, 1.807) is 23.1 Å². The first-order valence-electron chi connectivity index (χ1n) is 14.5. The highest BCUT2D eigenvalue weighted by molar-refractivity contribution is 14.1. The number of carbonyl (C=O) groups is 3. The first kappa shape index (κ1) is 31.7. The van der Waals surface area contributed by atoms with E-state index in [-0.39, 0.29) is 31.6 Å². The highest BCUT2D eigenvalue weighted by Crippen LogP contribution is 2.37. The van der Waals surface area contributed by atoms with Crippen LogP contribution < -0.4 is 14.8 Å². The van der Waals surface area contributed by atoms with Crippen LogP contribution in [0, 0.1) is 9.49 Å². The third kappa shape index (κ3) is 8.20. The summed E-state index contributed by atoms with van der Waals surface area (Å²) in [6.07, 6.45) is 7.77. The zero-order chi connectivity index (χ0) is 29.4. The number of hydrogen-bond donors (Lipinski definition) is 3. The molecule has 0 radical (unpaired) electrons. The molecule has 1 saturated carbocycles. The third-order valence-electron chi connectivity index (χ3n) is 8.24. The van der Waals surface area contributed by atoms with Gasteiger partial charge in [-0.05, 0) is 66.0 Å². The Labute approximate surface area is 254 Å². The van der Waals surface area contributed by atoms with E-state index in [0.717, 1.165) is 32.1 Å². The van der Waals surface area contributed by atoms with Gasteiger partial charge in [0.15, 0.2) is 11.5 Å². The Balaban J connectivity index is 1.64. The topological polar surface area (TPSA) is 135 Å². The fraction of sp³-hybridized carbons (Fsp3) is 0.633. The molecule has 1 saturated heterocycles. The number of methoxy groups -OCH3 is 1. The molecule has 0 unspecified atom stereocenters. The molecule has 226 valence electrons. The summed E-state index contributed by atoms with van der Waals surface area (Å²) in [6, 6.07) is 2.47. The van der Waals surface area contributed by atoms with Gasteiger partial charge in [0.2, 0.25) is 11.8 Å². The van der Waals surface area contributed by atoms with Crippen molar-refractivity contribution in [1.82, 2.24) is 10.2 Å². The molecule has 2 fully saturated rings. The fourth-order valence-electron chi connectivity index (χ4n) is 6.04. The zero-order valence-corrected chi connectivity index (χ0v) is 25.7. The summed E-state index contributed by atoms with van der Waals surface area (Å²) in [4.78, 5) is 40.0. The van der Waals surface area contributed by atoms with E-state index in [9.17, 15) is 24.6 Å². The lowest BCUT2D eigenvalue weighted by molar-refractivity contribution is -0.141. The maximum absolute atomic E-state index is 13.8. The summed E-state index contributed by atoms with van der Waals surface area (Å²) in [5.74, 6) is 0.733. The number of benzene rings is 1. The summed E-state index contributed by atoms with van der Waals surface area (Å²) >= 11 is 2.04. The van der Waals surface area contributed by atoms with Gasteiger partial charge in [0, 0.05) is 43.7 Å². The molecule has 0 spiro atoms. The van der Waals surface area contributed by atoms with Crippen molar-refractivity contribution < 1.29 is 38.8 Å². The predicted molar refractivity (Wildman–Crippen MR) is 160 cm³/mol. The molecule has 1 aromatic carbocycles. The Morgan fingerprint density at radius 3 is 2.66 bits per heavy atom. The molecule has 3 N–H and O–H groups in total. The van der Waals surface area contributed by atoms with Gasteiger partial charge >= 0.3 is 0 Å². The lowest BCUT2D eigenvalue weighted by Crippen LogP contribution is -2.56. The van der Waals surface area contributed by atoms with Gasteiger partial charge in [-0.3, -0.25) is 14.4 Å². The summed E-state index contributed by atoms with van der Waals surface area (Å²) in [5, 5.41) is 23.7. The molecule has 2 amide bonds. The van der Waals surface area contributed by atoms with Crippen molar-refractivity contribution in [3.8, 4) is 11.5 Å². The summed E-state index contributed by atoms with van der Waals surface area (Å²) in [5.41, 5.74) is 0.772. The molecule has 41 heavy (non-hydrogen) atoms. The highest BCUT2D eigenvalue weighted by atomic mass is 127. The van der Waals surface area contributed by atoms with Crippen molar-refractivity contribution in [2.24, 2.45) is 5.92 Å². The number of nitrogens with one attached hydrogen (secondary N) is 1. The molecule has 0 aromatic heterocycles. The van der Waals surface area contributed by atoms with Gasteiger partial charge in [-0.2, -0.15) is 0 Å². The Bertz CT molecular complexity index is 1100. The van der Waals surface area contributed by atoms with Crippen molar-refractivity contribution in [2.75, 3.05) is 33.4 Å². The second-order valence-corrected chi connectivity index (χ2v) is 12.2. The Morgan fingerprint density at radius 1 is 1.22 bits per heavy atom. The number of aldehydes is 1. The average Bonchev–Trinajstić information content (AvgIpc) is 3.70. The zero-order valence-electron chi connectivity index (χ0n) is 23.6. The van der Waals surface area contributed by atoms with Crippen LogP contribution in [0.1, 0.15) is 68.1 Å². The summed E-state index contributed by atoms with van der Waals surface area (Å²) in [7, 11) is 1.46. The minimum Gasteiger partial charge on any atom is -0.493 e. The molecule has 4 atom stereocenters. The minimum absolute atomic E-state index is 0.0605. The molecular weight excluding hydrogens is 643 g/mol. The van der Waals surface area contributed by atoms with Gasteiger partial charge in [-0.25, -0.2) is 0 Å². The lowest BCUT2D eigenvalue weighted by Gasteiger charge is -2.41. The second-order valence-electron chi connectivity index (χ2n) is 11.0. The number of halogens is 1. The molecule has 3 aliphatic rings. The summed E-state index contributed by atoms with van der Waals surface area (Å²) < 4.78 is 18.3. The fourth-order valence-corrected chi connectivity index (χ4v) is 6.79. The predicted octanol–water partition coefficient (Wildman–Crippen LogP) is 3.01. The van der Waals surface area contributed by atoms with Crippen molar-refractivity contribution in [1.29, 1.82) is 0 Å². The van der Waals surface area contributed by atoms with Gasteiger partial charge in [0.05, 0.1) is 29.4 Å². The maximum Gasteiger partial charge on any atom is 0.247 e. The van der Waals surface area contributed by atoms with E-state index in [1.165, 1.54) is 20.0 Å². The molecule has 10 nitrogen and oxygen atoms in total. The Kier molecular flexibility index (Phi) is 11.8. The van der Waals surface area contributed by atoms with Gasteiger partial charge in [0.1, 0.15) is 18.5 Å². The first-order chi connectivity index (χ1) is 19.8. The Hall–Kier alpha value is -2.22. The van der Waals surface area contributed by atoms with Crippen LogP contribution in [0.2, 0.25) is 0 Å². The number of amides is 2. The average molecular weight is 685 g/mol. The monoisotopic (exact) mass is 684 g/mol. The second kappa shape index (κ2) is 15.3. The number of nitrogens with zero attached hydrogens (tertiary/aromatic N) is 1. The number of aliphatic hydroxyl groups is 2. The molecular formula is C30H41IN2O8. The van der Waals surface area contributed by atoms with Crippen LogP contribution in [0.3, 0.4) is 0 Å². The number of hydrogen-bond acceptors (Lipinski definition) is 8. The van der Waals surface area contributed by atoms with E-state index in [0.29, 0.717) is 58.0 Å². The van der Waals surface area contributed by atoms with Crippen LogP contribution in [0.15, 0.2) is 23.8 Å². The van der Waals surface area contributed by atoms with E-state index in [4.69, 9.17) is 14.2 Å². The molecule has 11 heteroatoms. The van der Waals surface area contributed by atoms with Gasteiger partial charge in [-0.1, -0.05) is 25.7 Å². The third-order valence-corrected chi connectivity index (χ3v) is 9.04. The molecule has 1 aliphatic heterocycles. The van der Waals surface area contributed by atoms with Gasteiger partial charge in [0.25, 0.3) is 0 Å². The normalized spacial score (nSPS) is 24.5. The van der Waals surface area contributed by atoms with Gasteiger partial charge < -0.3 is 34.6 Å². The Morgan fingerprint density at radius 2 is 2.00 bits per heavy atom. The number of aliphatic hydroxyl groups excluding tert-OH is 2. The SMILES string of the molecule is COc1cc(C=O)cc(I)c1O[C@H]1C=C(C(=O)NCCO)C[C@@H](N(C[C@@H]2CCCO2)C(=O)CCC2CCCC2)[C@@H]1O. The van der Waals surface area contributed by atoms with E-state index in [2.05, 4.69) is 5.32 Å². The van der Waals surface area contributed by atoms with Crippen LogP contribution in [-0.2, 0) is 14.3 Å². The first-order valence-corrected chi connectivity index (χ1v) is 15.6. The van der Waals surface area contributed by atoms with E-state index < -0.39 is 24.2 Å². The number of ether oxygens (including phenoxy) is 3. The van der Waals surface area contributed by atoms with E-state index in [1.807, 2.05) is 22.6 Å². The van der Waals surface area contributed by atoms with Crippen LogP contribution in [-0.4, -0.2) is 91.0 Å². The largest absolute Gasteiger partial charge is 0.493 e. The quantitative estimate of drug-likeness (QED) is 0.214. The molecule has 1 heterocycles. The molecule has 4 rings (SSSR count). The van der Waals surface area contributed by atoms with E-state index >= 15 is 0 Å². The van der Waals surface area contributed by atoms with Gasteiger partial charge in [-0.15, -0.1) is 0 Å². The van der Waals surface area contributed by atoms with Crippen LogP contribution in [0.25, 0.3) is 0 Å². The van der Waals surface area contributed by atoms with Crippen LogP contribution in [0.5, 0.6) is 11.5 Å². The van der Waals surface area contributed by atoms with Crippen molar-refractivity contribution >= 4 is 40.7 Å². The van der Waals surface area contributed by atoms with Crippen molar-refractivity contribution in [2.45, 2.75) is 82.1 Å².